The van der Waals surface area contributed by atoms with Crippen LogP contribution in [0.4, 0.5) is 0 Å². The second-order valence-corrected chi connectivity index (χ2v) is 10.9. The monoisotopic (exact) mass is 622 g/mol. The zero-order valence-corrected chi connectivity index (χ0v) is 25.1. The Morgan fingerprint density at radius 3 is 2.11 bits per heavy atom. The van der Waals surface area contributed by atoms with Crippen molar-refractivity contribution in [2.24, 2.45) is 22.2 Å². The van der Waals surface area contributed by atoms with Crippen molar-refractivity contribution in [3.63, 3.8) is 0 Å². The van der Waals surface area contributed by atoms with Crippen molar-refractivity contribution in [1.82, 2.24) is 20.9 Å². The summed E-state index contributed by atoms with van der Waals surface area (Å²) < 4.78 is 0. The lowest BCUT2D eigenvalue weighted by molar-refractivity contribution is -0.143. The zero-order valence-electron chi connectivity index (χ0n) is 25.1. The Morgan fingerprint density at radius 2 is 1.51 bits per heavy atom. The predicted octanol–water partition coefficient (Wildman–Crippen LogP) is -0.986. The molecule has 0 bridgehead atoms. The van der Waals surface area contributed by atoms with Crippen molar-refractivity contribution in [2.45, 2.75) is 62.7 Å². The molecule has 4 amide bonds. The first kappa shape index (κ1) is 34.5. The van der Waals surface area contributed by atoms with Crippen LogP contribution in [0.15, 0.2) is 65.7 Å². The van der Waals surface area contributed by atoms with E-state index in [0.29, 0.717) is 32.2 Å². The molecule has 1 aliphatic heterocycles. The van der Waals surface area contributed by atoms with Crippen LogP contribution in [0.2, 0.25) is 0 Å². The molecule has 0 saturated carbocycles. The number of carbonyl (C=O) groups excluding carboxylic acids is 4. The van der Waals surface area contributed by atoms with Gasteiger partial charge in [-0.2, -0.15) is 0 Å². The Bertz CT molecular complexity index is 1340. The quantitative estimate of drug-likeness (QED) is 0.0691. The molecule has 3 rings (SSSR count). The van der Waals surface area contributed by atoms with Crippen molar-refractivity contribution in [3.8, 4) is 0 Å². The first-order valence-electron chi connectivity index (χ1n) is 14.8. The summed E-state index contributed by atoms with van der Waals surface area (Å²) in [5.74, 6) is -3.54. The van der Waals surface area contributed by atoms with E-state index in [1.807, 2.05) is 36.4 Å². The Kier molecular flexibility index (Phi) is 13.3. The Morgan fingerprint density at radius 1 is 0.889 bits per heavy atom. The van der Waals surface area contributed by atoms with E-state index in [4.69, 9.17) is 17.2 Å². The standard InChI is InChI=1S/C31H42N8O6/c32-22(17-20-9-3-1-4-10-20)27(41)36-19-26(40)39-16-8-14-25(39)29(43)38-24(18-21-11-5-2-6-12-21)28(42)37-23(30(44)45)13-7-15-35-31(33)34/h1-6,9-12,22-25H,7-8,13-19,32H2,(H,36,41)(H,37,42)(H,38,43)(H,44,45)(H4,33,34,35). The van der Waals surface area contributed by atoms with Crippen molar-refractivity contribution in [1.29, 1.82) is 0 Å². The molecule has 1 saturated heterocycles. The summed E-state index contributed by atoms with van der Waals surface area (Å²) >= 11 is 0. The second-order valence-electron chi connectivity index (χ2n) is 10.9. The molecule has 2 aromatic rings. The highest BCUT2D eigenvalue weighted by Gasteiger charge is 2.36. The maximum absolute atomic E-state index is 13.5. The van der Waals surface area contributed by atoms with Gasteiger partial charge in [-0.3, -0.25) is 24.2 Å². The van der Waals surface area contributed by atoms with E-state index in [2.05, 4.69) is 20.9 Å². The molecular formula is C31H42N8O6. The lowest BCUT2D eigenvalue weighted by Crippen LogP contribution is -2.56. The molecule has 0 aliphatic carbocycles. The van der Waals surface area contributed by atoms with Gasteiger partial charge in [-0.1, -0.05) is 60.7 Å². The molecule has 14 nitrogen and oxygen atoms in total. The number of amides is 4. The maximum Gasteiger partial charge on any atom is 0.326 e. The Labute approximate surface area is 261 Å². The van der Waals surface area contributed by atoms with Crippen LogP contribution < -0.4 is 33.2 Å². The van der Waals surface area contributed by atoms with Crippen LogP contribution in [0.5, 0.6) is 0 Å². The van der Waals surface area contributed by atoms with Crippen molar-refractivity contribution >= 4 is 35.6 Å². The van der Waals surface area contributed by atoms with E-state index < -0.39 is 53.8 Å². The highest BCUT2D eigenvalue weighted by Crippen LogP contribution is 2.18. The fraction of sp³-hybridized carbons (Fsp3) is 0.419. The van der Waals surface area contributed by atoms with E-state index in [-0.39, 0.29) is 31.9 Å². The normalized spacial score (nSPS) is 16.1. The van der Waals surface area contributed by atoms with Crippen LogP contribution in [-0.4, -0.2) is 89.4 Å². The number of aliphatic carboxylic acids is 1. The number of nitrogens with zero attached hydrogens (tertiary/aromatic N) is 2. The van der Waals surface area contributed by atoms with E-state index in [1.54, 1.807) is 24.3 Å². The fourth-order valence-corrected chi connectivity index (χ4v) is 5.05. The largest absolute Gasteiger partial charge is 0.480 e. The van der Waals surface area contributed by atoms with Crippen molar-refractivity contribution in [2.75, 3.05) is 19.6 Å². The van der Waals surface area contributed by atoms with Crippen LogP contribution in [0.1, 0.15) is 36.8 Å². The molecule has 1 heterocycles. The first-order valence-corrected chi connectivity index (χ1v) is 14.8. The number of guanidine groups is 1. The topological polar surface area (TPSA) is 235 Å². The summed E-state index contributed by atoms with van der Waals surface area (Å²) in [6.07, 6.45) is 1.68. The molecule has 1 fully saturated rings. The fourth-order valence-electron chi connectivity index (χ4n) is 5.05. The predicted molar refractivity (Wildman–Crippen MR) is 167 cm³/mol. The van der Waals surface area contributed by atoms with Gasteiger partial charge in [0, 0.05) is 19.5 Å². The number of rotatable bonds is 16. The number of nitrogens with one attached hydrogen (secondary N) is 3. The third-order valence-electron chi connectivity index (χ3n) is 7.40. The zero-order chi connectivity index (χ0) is 32.8. The molecule has 4 atom stereocenters. The number of hydrogen-bond acceptors (Lipinski definition) is 7. The molecule has 0 radical (unpaired) electrons. The number of hydrogen-bond donors (Lipinski definition) is 7. The van der Waals surface area contributed by atoms with Crippen molar-refractivity contribution in [3.05, 3.63) is 71.8 Å². The van der Waals surface area contributed by atoms with Crippen LogP contribution in [0.25, 0.3) is 0 Å². The third kappa shape index (κ3) is 11.2. The van der Waals surface area contributed by atoms with E-state index in [1.165, 1.54) is 4.90 Å². The van der Waals surface area contributed by atoms with Gasteiger partial charge in [0.1, 0.15) is 18.1 Å². The molecule has 0 spiro atoms. The minimum Gasteiger partial charge on any atom is -0.480 e. The average molecular weight is 623 g/mol. The van der Waals surface area contributed by atoms with E-state index in [9.17, 15) is 29.1 Å². The summed E-state index contributed by atoms with van der Waals surface area (Å²) in [6.45, 7) is 0.158. The highest BCUT2D eigenvalue weighted by molar-refractivity contribution is 5.95. The number of aliphatic imine (C=N–C) groups is 1. The van der Waals surface area contributed by atoms with Gasteiger partial charge < -0.3 is 43.2 Å². The van der Waals surface area contributed by atoms with Gasteiger partial charge in [0.25, 0.3) is 0 Å². The smallest absolute Gasteiger partial charge is 0.326 e. The number of benzene rings is 2. The second kappa shape index (κ2) is 17.3. The van der Waals surface area contributed by atoms with Gasteiger partial charge >= 0.3 is 5.97 Å². The van der Waals surface area contributed by atoms with Crippen LogP contribution in [-0.2, 0) is 36.8 Å². The summed E-state index contributed by atoms with van der Waals surface area (Å²) in [5, 5.41) is 17.5. The summed E-state index contributed by atoms with van der Waals surface area (Å²) in [6, 6.07) is 14.1. The van der Waals surface area contributed by atoms with Gasteiger partial charge in [0.05, 0.1) is 12.6 Å². The van der Waals surface area contributed by atoms with Gasteiger partial charge in [-0.15, -0.1) is 0 Å². The molecule has 4 unspecified atom stereocenters. The summed E-state index contributed by atoms with van der Waals surface area (Å²) in [4.78, 5) is 69.5. The lowest BCUT2D eigenvalue weighted by atomic mass is 10.0. The van der Waals surface area contributed by atoms with Gasteiger partial charge in [0.2, 0.25) is 23.6 Å². The number of nitrogens with two attached hydrogens (primary N) is 3. The summed E-state index contributed by atoms with van der Waals surface area (Å²) in [7, 11) is 0. The van der Waals surface area contributed by atoms with Gasteiger partial charge in [0.15, 0.2) is 5.96 Å². The van der Waals surface area contributed by atoms with Crippen LogP contribution in [0.3, 0.4) is 0 Å². The van der Waals surface area contributed by atoms with Crippen LogP contribution in [0, 0.1) is 0 Å². The number of carboxylic acids is 1. The SMILES string of the molecule is NC(N)=NCCCC(NC(=O)C(Cc1ccccc1)NC(=O)C1CCCN1C(=O)CNC(=O)C(N)Cc1ccccc1)C(=O)O. The molecule has 0 aromatic heterocycles. The molecule has 14 heteroatoms. The van der Waals surface area contributed by atoms with E-state index in [0.717, 1.165) is 11.1 Å². The highest BCUT2D eigenvalue weighted by atomic mass is 16.4. The Hall–Kier alpha value is -4.98. The van der Waals surface area contributed by atoms with Crippen LogP contribution >= 0.6 is 0 Å². The van der Waals surface area contributed by atoms with Gasteiger partial charge in [-0.05, 0) is 43.2 Å². The third-order valence-corrected chi connectivity index (χ3v) is 7.40. The molecule has 45 heavy (non-hydrogen) atoms. The average Bonchev–Trinajstić information content (AvgIpc) is 3.52. The minimum absolute atomic E-state index is 0.0650. The number of carboxylic acid groups (broad SMARTS) is 1. The minimum atomic E-state index is -1.24. The van der Waals surface area contributed by atoms with Crippen molar-refractivity contribution < 1.29 is 29.1 Å². The number of likely N-dealkylation sites (tertiary alicyclic amines) is 1. The number of carbonyl (C=O) groups is 5. The lowest BCUT2D eigenvalue weighted by Gasteiger charge is -2.27. The molecular weight excluding hydrogens is 580 g/mol. The molecule has 242 valence electrons. The Balaban J connectivity index is 1.63. The van der Waals surface area contributed by atoms with Gasteiger partial charge in [-0.25, -0.2) is 4.79 Å². The molecule has 10 N–H and O–H groups in total. The molecule has 1 aliphatic rings. The van der Waals surface area contributed by atoms with E-state index >= 15 is 0 Å². The molecule has 2 aromatic carbocycles. The maximum atomic E-state index is 13.5. The summed E-state index contributed by atoms with van der Waals surface area (Å²) in [5.41, 5.74) is 18.3. The first-order chi connectivity index (χ1) is 21.5.